The van der Waals surface area contributed by atoms with Gasteiger partial charge >= 0.3 is 5.97 Å². The quantitative estimate of drug-likeness (QED) is 0.397. The highest BCUT2D eigenvalue weighted by molar-refractivity contribution is 7.98. The van der Waals surface area contributed by atoms with E-state index in [1.807, 2.05) is 24.5 Å². The van der Waals surface area contributed by atoms with Crippen LogP contribution in [0.4, 0.5) is 0 Å². The van der Waals surface area contributed by atoms with Gasteiger partial charge in [0.25, 0.3) is 5.91 Å². The molecule has 0 bridgehead atoms. The minimum Gasteiger partial charge on any atom is -0.468 e. The Hall–Kier alpha value is -2.43. The van der Waals surface area contributed by atoms with Crippen LogP contribution in [0.15, 0.2) is 57.2 Å². The SMILES string of the molecule is COC(=O)Cn1c(=NC(=O)c2cccc(S(=O)(=O)C(C)C)c2)sc2cc(SC)ccc21. The van der Waals surface area contributed by atoms with E-state index in [0.29, 0.717) is 4.80 Å². The number of rotatable bonds is 6. The van der Waals surface area contributed by atoms with E-state index in [4.69, 9.17) is 4.74 Å². The van der Waals surface area contributed by atoms with E-state index in [9.17, 15) is 18.0 Å². The number of sulfone groups is 1. The average Bonchev–Trinajstić information content (AvgIpc) is 3.09. The Balaban J connectivity index is 2.12. The number of benzene rings is 2. The maximum Gasteiger partial charge on any atom is 0.325 e. The van der Waals surface area contributed by atoms with E-state index >= 15 is 0 Å². The van der Waals surface area contributed by atoms with Crippen LogP contribution in [0.25, 0.3) is 10.2 Å². The standard InChI is InChI=1S/C21H22N2O5S3/c1-13(2)31(26,27)16-7-5-6-14(10-16)20(25)22-21-23(12-19(24)28-3)17-9-8-15(29-4)11-18(17)30-21/h5-11,13H,12H2,1-4H3. The molecular formula is C21H22N2O5S3. The minimum absolute atomic E-state index is 0.0759. The van der Waals surface area contributed by atoms with Gasteiger partial charge in [0, 0.05) is 10.5 Å². The van der Waals surface area contributed by atoms with Gasteiger partial charge in [-0.15, -0.1) is 11.8 Å². The summed E-state index contributed by atoms with van der Waals surface area (Å²) in [6.45, 7) is 3.08. The van der Waals surface area contributed by atoms with Gasteiger partial charge in [0.1, 0.15) is 6.54 Å². The first kappa shape index (κ1) is 23.2. The molecule has 0 spiro atoms. The summed E-state index contributed by atoms with van der Waals surface area (Å²) in [5.74, 6) is -1.05. The summed E-state index contributed by atoms with van der Waals surface area (Å²) in [5.41, 5.74) is 0.921. The van der Waals surface area contributed by atoms with Crippen molar-refractivity contribution in [1.82, 2.24) is 4.57 Å². The molecule has 0 fully saturated rings. The number of hydrogen-bond acceptors (Lipinski definition) is 7. The van der Waals surface area contributed by atoms with Crippen molar-refractivity contribution in [3.05, 3.63) is 52.8 Å². The number of esters is 1. The lowest BCUT2D eigenvalue weighted by Gasteiger charge is -2.08. The van der Waals surface area contributed by atoms with Crippen LogP contribution in [-0.2, 0) is 25.9 Å². The first-order valence-corrected chi connectivity index (χ1v) is 12.9. The predicted molar refractivity (Wildman–Crippen MR) is 122 cm³/mol. The van der Waals surface area contributed by atoms with Crippen LogP contribution in [0.5, 0.6) is 0 Å². The molecule has 0 aliphatic rings. The van der Waals surface area contributed by atoms with Crippen molar-refractivity contribution in [2.75, 3.05) is 13.4 Å². The van der Waals surface area contributed by atoms with Crippen molar-refractivity contribution in [2.24, 2.45) is 4.99 Å². The minimum atomic E-state index is -3.52. The normalized spacial score (nSPS) is 12.5. The number of thioether (sulfide) groups is 1. The monoisotopic (exact) mass is 478 g/mol. The number of hydrogen-bond donors (Lipinski definition) is 0. The third-order valence-corrected chi connectivity index (χ3v) is 8.55. The second-order valence-electron chi connectivity index (χ2n) is 6.92. The van der Waals surface area contributed by atoms with Crippen molar-refractivity contribution in [1.29, 1.82) is 0 Å². The average molecular weight is 479 g/mol. The number of fused-ring (bicyclic) bond motifs is 1. The zero-order valence-corrected chi connectivity index (χ0v) is 19.9. The van der Waals surface area contributed by atoms with Gasteiger partial charge in [-0.05, 0) is 56.5 Å². The molecule has 0 N–H and O–H groups in total. The largest absolute Gasteiger partial charge is 0.468 e. The maximum absolute atomic E-state index is 12.9. The van der Waals surface area contributed by atoms with Gasteiger partial charge in [-0.25, -0.2) is 8.42 Å². The van der Waals surface area contributed by atoms with Crippen LogP contribution >= 0.6 is 23.1 Å². The molecule has 0 aliphatic carbocycles. The number of ether oxygens (including phenoxy) is 1. The molecule has 0 unspecified atom stereocenters. The summed E-state index contributed by atoms with van der Waals surface area (Å²) in [7, 11) is -2.22. The van der Waals surface area contributed by atoms with Gasteiger partial charge in [-0.3, -0.25) is 9.59 Å². The van der Waals surface area contributed by atoms with Crippen LogP contribution in [0.3, 0.4) is 0 Å². The zero-order chi connectivity index (χ0) is 22.8. The third-order valence-electron chi connectivity index (χ3n) is 4.63. The Labute approximate surface area is 188 Å². The smallest absolute Gasteiger partial charge is 0.325 e. The molecule has 0 saturated carbocycles. The van der Waals surface area contributed by atoms with Crippen molar-refractivity contribution < 1.29 is 22.7 Å². The molecule has 1 amide bonds. The number of nitrogens with zero attached hydrogens (tertiary/aromatic N) is 2. The lowest BCUT2D eigenvalue weighted by atomic mass is 10.2. The predicted octanol–water partition coefficient (Wildman–Crippen LogP) is 3.52. The Morgan fingerprint density at radius 1 is 1.19 bits per heavy atom. The highest BCUT2D eigenvalue weighted by Gasteiger charge is 2.20. The lowest BCUT2D eigenvalue weighted by Crippen LogP contribution is -2.22. The molecule has 0 saturated heterocycles. The number of thiazole rings is 1. The van der Waals surface area contributed by atoms with Gasteiger partial charge in [-0.1, -0.05) is 17.4 Å². The Bertz CT molecular complexity index is 1320. The van der Waals surface area contributed by atoms with Crippen molar-refractivity contribution >= 4 is 55.0 Å². The molecular weight excluding hydrogens is 456 g/mol. The van der Waals surface area contributed by atoms with E-state index in [0.717, 1.165) is 15.1 Å². The number of aromatic nitrogens is 1. The van der Waals surface area contributed by atoms with Gasteiger partial charge in [0.15, 0.2) is 14.6 Å². The number of amides is 1. The third kappa shape index (κ3) is 4.91. The van der Waals surface area contributed by atoms with Crippen molar-refractivity contribution in [3.8, 4) is 0 Å². The molecule has 3 aromatic rings. The van der Waals surface area contributed by atoms with Crippen molar-refractivity contribution in [2.45, 2.75) is 35.4 Å². The van der Waals surface area contributed by atoms with Gasteiger partial charge in [-0.2, -0.15) is 4.99 Å². The Morgan fingerprint density at radius 2 is 1.94 bits per heavy atom. The lowest BCUT2D eigenvalue weighted by molar-refractivity contribution is -0.141. The van der Waals surface area contributed by atoms with E-state index in [1.54, 1.807) is 30.2 Å². The summed E-state index contributed by atoms with van der Waals surface area (Å²) in [5, 5.41) is -0.606. The molecule has 31 heavy (non-hydrogen) atoms. The van der Waals surface area contributed by atoms with Gasteiger partial charge in [0.2, 0.25) is 0 Å². The number of methoxy groups -OCH3 is 1. The van der Waals surface area contributed by atoms with Crippen LogP contribution < -0.4 is 4.80 Å². The second-order valence-corrected chi connectivity index (χ2v) is 11.3. The van der Waals surface area contributed by atoms with Crippen LogP contribution in [0.2, 0.25) is 0 Å². The van der Waals surface area contributed by atoms with Crippen LogP contribution in [0, 0.1) is 0 Å². The summed E-state index contributed by atoms with van der Waals surface area (Å²) in [6, 6.07) is 11.6. The molecule has 1 heterocycles. The summed E-state index contributed by atoms with van der Waals surface area (Å²) in [6.07, 6.45) is 1.96. The Morgan fingerprint density at radius 3 is 2.58 bits per heavy atom. The van der Waals surface area contributed by atoms with Crippen LogP contribution in [0.1, 0.15) is 24.2 Å². The van der Waals surface area contributed by atoms with E-state index in [1.165, 1.54) is 42.7 Å². The number of carbonyl (C=O) groups excluding carboxylic acids is 2. The molecule has 7 nitrogen and oxygen atoms in total. The topological polar surface area (TPSA) is 94.8 Å². The summed E-state index contributed by atoms with van der Waals surface area (Å²) in [4.78, 5) is 30.5. The van der Waals surface area contributed by atoms with Crippen molar-refractivity contribution in [3.63, 3.8) is 0 Å². The van der Waals surface area contributed by atoms with E-state index in [-0.39, 0.29) is 17.0 Å². The van der Waals surface area contributed by atoms with E-state index < -0.39 is 27.0 Å². The Kier molecular flexibility index (Phi) is 7.03. The van der Waals surface area contributed by atoms with E-state index in [2.05, 4.69) is 4.99 Å². The number of carbonyl (C=O) groups is 2. The molecule has 0 radical (unpaired) electrons. The van der Waals surface area contributed by atoms with Crippen LogP contribution in [-0.4, -0.2) is 43.5 Å². The molecule has 10 heteroatoms. The zero-order valence-electron chi connectivity index (χ0n) is 17.5. The molecule has 0 aliphatic heterocycles. The van der Waals surface area contributed by atoms with Gasteiger partial charge < -0.3 is 9.30 Å². The first-order valence-electron chi connectivity index (χ1n) is 9.34. The summed E-state index contributed by atoms with van der Waals surface area (Å²) < 4.78 is 32.2. The fourth-order valence-electron chi connectivity index (χ4n) is 2.84. The highest BCUT2D eigenvalue weighted by atomic mass is 32.2. The first-order chi connectivity index (χ1) is 14.7. The maximum atomic E-state index is 12.9. The van der Waals surface area contributed by atoms with Gasteiger partial charge in [0.05, 0.1) is 27.5 Å². The molecule has 2 aromatic carbocycles. The fraction of sp³-hybridized carbons (Fsp3) is 0.286. The molecule has 3 rings (SSSR count). The molecule has 164 valence electrons. The highest BCUT2D eigenvalue weighted by Crippen LogP contribution is 2.24. The second kappa shape index (κ2) is 9.37. The summed E-state index contributed by atoms with van der Waals surface area (Å²) >= 11 is 2.87. The fourth-order valence-corrected chi connectivity index (χ4v) is 5.53. The molecule has 1 aromatic heterocycles. The molecule has 0 atom stereocenters.